The number of aromatic nitrogens is 3. The number of hydrogen-bond acceptors (Lipinski definition) is 4. The van der Waals surface area contributed by atoms with Crippen LogP contribution in [-0.4, -0.2) is 26.3 Å². The van der Waals surface area contributed by atoms with Gasteiger partial charge in [-0.2, -0.15) is 0 Å². The van der Waals surface area contributed by atoms with Gasteiger partial charge >= 0.3 is 0 Å². The molecule has 0 fully saturated rings. The minimum atomic E-state index is -0.267. The van der Waals surface area contributed by atoms with Gasteiger partial charge in [0.15, 0.2) is 0 Å². The molecule has 29 heavy (non-hydrogen) atoms. The zero-order chi connectivity index (χ0) is 20.1. The van der Waals surface area contributed by atoms with Crippen LogP contribution in [0.3, 0.4) is 0 Å². The highest BCUT2D eigenvalue weighted by atomic mass is 16.2. The summed E-state index contributed by atoms with van der Waals surface area (Å²) in [6.07, 6.45) is 7.09. The molecule has 144 valence electrons. The van der Waals surface area contributed by atoms with Crippen LogP contribution < -0.4 is 10.6 Å². The Balaban J connectivity index is 1.40. The number of aryl methyl sites for hydroxylation is 1. The number of hydrogen-bond donors (Lipinski definition) is 2. The molecule has 0 saturated carbocycles. The summed E-state index contributed by atoms with van der Waals surface area (Å²) >= 11 is 0. The van der Waals surface area contributed by atoms with Crippen molar-refractivity contribution >= 4 is 34.1 Å². The third-order valence-electron chi connectivity index (χ3n) is 4.41. The molecule has 0 spiro atoms. The Bertz CT molecular complexity index is 1150. The van der Waals surface area contributed by atoms with E-state index in [1.165, 1.54) is 0 Å². The lowest BCUT2D eigenvalue weighted by Crippen LogP contribution is -2.15. The SMILES string of the molecule is O=C(CCn1ccnc1)Nc1cccc(C(=O)Nc2cnc3ccccc3c2)c1. The molecule has 0 unspecified atom stereocenters. The summed E-state index contributed by atoms with van der Waals surface area (Å²) in [6, 6.07) is 16.4. The summed E-state index contributed by atoms with van der Waals surface area (Å²) in [5, 5.41) is 6.62. The minimum Gasteiger partial charge on any atom is -0.337 e. The van der Waals surface area contributed by atoms with E-state index in [2.05, 4.69) is 20.6 Å². The second-order valence-corrected chi connectivity index (χ2v) is 6.55. The normalized spacial score (nSPS) is 10.6. The summed E-state index contributed by atoms with van der Waals surface area (Å²) < 4.78 is 1.83. The van der Waals surface area contributed by atoms with Crippen molar-refractivity contribution in [2.75, 3.05) is 10.6 Å². The first kappa shape index (κ1) is 18.4. The van der Waals surface area contributed by atoms with Crippen LogP contribution >= 0.6 is 0 Å². The molecule has 0 aliphatic carbocycles. The highest BCUT2D eigenvalue weighted by molar-refractivity contribution is 6.06. The van der Waals surface area contributed by atoms with Crippen molar-refractivity contribution in [3.05, 3.63) is 85.1 Å². The summed E-state index contributed by atoms with van der Waals surface area (Å²) in [7, 11) is 0. The number of benzene rings is 2. The van der Waals surface area contributed by atoms with E-state index in [0.717, 1.165) is 10.9 Å². The van der Waals surface area contributed by atoms with Crippen LogP contribution in [0, 0.1) is 0 Å². The molecular weight excluding hydrogens is 366 g/mol. The van der Waals surface area contributed by atoms with Crippen molar-refractivity contribution in [2.24, 2.45) is 0 Å². The van der Waals surface area contributed by atoms with Crippen molar-refractivity contribution in [1.82, 2.24) is 14.5 Å². The fraction of sp³-hybridized carbons (Fsp3) is 0.0909. The van der Waals surface area contributed by atoms with Crippen LogP contribution in [0.4, 0.5) is 11.4 Å². The molecule has 0 saturated heterocycles. The van der Waals surface area contributed by atoms with E-state index < -0.39 is 0 Å². The van der Waals surface area contributed by atoms with E-state index in [1.54, 1.807) is 49.2 Å². The van der Waals surface area contributed by atoms with Crippen molar-refractivity contribution in [3.8, 4) is 0 Å². The number of amides is 2. The first-order chi connectivity index (χ1) is 14.2. The van der Waals surface area contributed by atoms with E-state index in [0.29, 0.717) is 29.9 Å². The van der Waals surface area contributed by atoms with Crippen LogP contribution in [0.2, 0.25) is 0 Å². The molecular formula is C22H19N5O2. The number of fused-ring (bicyclic) bond motifs is 1. The monoisotopic (exact) mass is 385 g/mol. The average molecular weight is 385 g/mol. The second-order valence-electron chi connectivity index (χ2n) is 6.55. The second kappa shape index (κ2) is 8.35. The van der Waals surface area contributed by atoms with Crippen LogP contribution in [-0.2, 0) is 11.3 Å². The van der Waals surface area contributed by atoms with Crippen LogP contribution in [0.1, 0.15) is 16.8 Å². The third-order valence-corrected chi connectivity index (χ3v) is 4.41. The number of pyridine rings is 1. The van der Waals surface area contributed by atoms with Gasteiger partial charge in [-0.05, 0) is 30.3 Å². The Morgan fingerprint density at radius 1 is 0.966 bits per heavy atom. The van der Waals surface area contributed by atoms with Gasteiger partial charge in [-0.25, -0.2) is 4.98 Å². The lowest BCUT2D eigenvalue weighted by molar-refractivity contribution is -0.116. The number of carbonyl (C=O) groups is 2. The molecule has 2 heterocycles. The van der Waals surface area contributed by atoms with E-state index in [9.17, 15) is 9.59 Å². The number of carbonyl (C=O) groups excluding carboxylic acids is 2. The fourth-order valence-electron chi connectivity index (χ4n) is 2.95. The predicted molar refractivity (Wildman–Crippen MR) is 112 cm³/mol. The molecule has 7 nitrogen and oxygen atoms in total. The zero-order valence-corrected chi connectivity index (χ0v) is 15.6. The molecule has 2 amide bonds. The van der Waals surface area contributed by atoms with Gasteiger partial charge in [0.25, 0.3) is 5.91 Å². The number of rotatable bonds is 6. The molecule has 7 heteroatoms. The minimum absolute atomic E-state index is 0.130. The van der Waals surface area contributed by atoms with E-state index >= 15 is 0 Å². The van der Waals surface area contributed by atoms with Gasteiger partial charge in [0.2, 0.25) is 5.91 Å². The number of imidazole rings is 1. The van der Waals surface area contributed by atoms with Gasteiger partial charge < -0.3 is 15.2 Å². The van der Waals surface area contributed by atoms with Gasteiger partial charge in [-0.15, -0.1) is 0 Å². The quantitative estimate of drug-likeness (QED) is 0.529. The number of nitrogens with zero attached hydrogens (tertiary/aromatic N) is 3. The first-order valence-corrected chi connectivity index (χ1v) is 9.19. The van der Waals surface area contributed by atoms with E-state index in [-0.39, 0.29) is 11.8 Å². The maximum atomic E-state index is 12.6. The maximum absolute atomic E-state index is 12.6. The third kappa shape index (κ3) is 4.65. The van der Waals surface area contributed by atoms with Crippen LogP contribution in [0.5, 0.6) is 0 Å². The molecule has 2 aromatic heterocycles. The van der Waals surface area contributed by atoms with Crippen LogP contribution in [0.25, 0.3) is 10.9 Å². The molecule has 0 atom stereocenters. The highest BCUT2D eigenvalue weighted by Gasteiger charge is 2.09. The standard InChI is InChI=1S/C22H19N5O2/c28-21(8-10-27-11-9-23-15-27)25-18-6-3-5-17(13-18)22(29)26-19-12-16-4-1-2-7-20(16)24-14-19/h1-7,9,11-15H,8,10H2,(H,25,28)(H,26,29). The maximum Gasteiger partial charge on any atom is 0.255 e. The first-order valence-electron chi connectivity index (χ1n) is 9.19. The Labute approximate surface area is 167 Å². The Morgan fingerprint density at radius 3 is 2.72 bits per heavy atom. The summed E-state index contributed by atoms with van der Waals surface area (Å²) in [4.78, 5) is 33.1. The van der Waals surface area contributed by atoms with Gasteiger partial charge in [-0.3, -0.25) is 14.6 Å². The summed E-state index contributed by atoms with van der Waals surface area (Å²) in [5.74, 6) is -0.397. The molecule has 0 aliphatic rings. The molecule has 0 radical (unpaired) electrons. The number of para-hydroxylation sites is 1. The van der Waals surface area contributed by atoms with Crippen molar-refractivity contribution in [3.63, 3.8) is 0 Å². The fourth-order valence-corrected chi connectivity index (χ4v) is 2.95. The molecule has 2 aromatic carbocycles. The average Bonchev–Trinajstić information content (AvgIpc) is 3.26. The van der Waals surface area contributed by atoms with Gasteiger partial charge in [0.1, 0.15) is 0 Å². The van der Waals surface area contributed by atoms with Crippen molar-refractivity contribution in [2.45, 2.75) is 13.0 Å². The molecule has 4 aromatic rings. The van der Waals surface area contributed by atoms with Crippen LogP contribution in [0.15, 0.2) is 79.5 Å². The number of anilines is 2. The highest BCUT2D eigenvalue weighted by Crippen LogP contribution is 2.18. The molecule has 4 rings (SSSR count). The summed E-state index contributed by atoms with van der Waals surface area (Å²) in [6.45, 7) is 0.543. The van der Waals surface area contributed by atoms with Gasteiger partial charge in [0, 0.05) is 42.0 Å². The number of nitrogens with one attached hydrogen (secondary N) is 2. The Morgan fingerprint density at radius 2 is 1.86 bits per heavy atom. The molecule has 2 N–H and O–H groups in total. The van der Waals surface area contributed by atoms with Crippen molar-refractivity contribution < 1.29 is 9.59 Å². The topological polar surface area (TPSA) is 88.9 Å². The molecule has 0 bridgehead atoms. The van der Waals surface area contributed by atoms with E-state index in [4.69, 9.17) is 0 Å². The smallest absolute Gasteiger partial charge is 0.255 e. The largest absolute Gasteiger partial charge is 0.337 e. The predicted octanol–water partition coefficient (Wildman–Crippen LogP) is 3.71. The lowest BCUT2D eigenvalue weighted by Gasteiger charge is -2.09. The Hall–Kier alpha value is -4.00. The summed E-state index contributed by atoms with van der Waals surface area (Å²) in [5.41, 5.74) is 2.50. The van der Waals surface area contributed by atoms with Crippen molar-refractivity contribution in [1.29, 1.82) is 0 Å². The Kier molecular flexibility index (Phi) is 5.29. The van der Waals surface area contributed by atoms with Gasteiger partial charge in [-0.1, -0.05) is 24.3 Å². The lowest BCUT2D eigenvalue weighted by atomic mass is 10.1. The van der Waals surface area contributed by atoms with E-state index in [1.807, 2.05) is 34.9 Å². The van der Waals surface area contributed by atoms with Gasteiger partial charge in [0.05, 0.1) is 23.7 Å². The molecule has 0 aliphatic heterocycles. The zero-order valence-electron chi connectivity index (χ0n) is 15.6.